The van der Waals surface area contributed by atoms with E-state index in [1.807, 2.05) is 23.9 Å². The van der Waals surface area contributed by atoms with Gasteiger partial charge in [-0.15, -0.1) is 0 Å². The summed E-state index contributed by atoms with van der Waals surface area (Å²) in [5.74, 6) is 4.05. The van der Waals surface area contributed by atoms with Crippen LogP contribution in [0.3, 0.4) is 0 Å². The Morgan fingerprint density at radius 3 is 2.84 bits per heavy atom. The molecule has 1 fully saturated rings. The second-order valence-electron chi connectivity index (χ2n) is 8.30. The van der Waals surface area contributed by atoms with Crippen LogP contribution >= 0.6 is 0 Å². The first kappa shape index (κ1) is 19.6. The van der Waals surface area contributed by atoms with Crippen molar-refractivity contribution in [2.24, 2.45) is 5.92 Å². The molecule has 0 aromatic carbocycles. The third kappa shape index (κ3) is 3.87. The summed E-state index contributed by atoms with van der Waals surface area (Å²) < 4.78 is 13.2. The van der Waals surface area contributed by atoms with Gasteiger partial charge in [0.1, 0.15) is 12.9 Å². The van der Waals surface area contributed by atoms with E-state index in [9.17, 15) is 0 Å². The number of pyridine rings is 1. The molecule has 0 amide bonds. The summed E-state index contributed by atoms with van der Waals surface area (Å²) >= 11 is 0. The van der Waals surface area contributed by atoms with E-state index in [4.69, 9.17) is 9.47 Å². The van der Waals surface area contributed by atoms with Crippen LogP contribution in [0.15, 0.2) is 31.0 Å². The maximum Gasteiger partial charge on any atom is 0.229 e. The molecule has 1 unspecified atom stereocenters. The van der Waals surface area contributed by atoms with Crippen molar-refractivity contribution in [1.29, 1.82) is 0 Å². The Kier molecular flexibility index (Phi) is 5.09. The average molecular weight is 422 g/mol. The highest BCUT2D eigenvalue weighted by atomic mass is 16.5. The second kappa shape index (κ2) is 8.05. The van der Waals surface area contributed by atoms with E-state index >= 15 is 0 Å². The van der Waals surface area contributed by atoms with Gasteiger partial charge < -0.3 is 19.7 Å². The Morgan fingerprint density at radius 1 is 1.19 bits per heavy atom. The van der Waals surface area contributed by atoms with E-state index in [1.54, 1.807) is 25.8 Å². The fourth-order valence-corrected chi connectivity index (χ4v) is 3.86. The SMILES string of the molecule is COc1cc(Nc2ncc3c(n2)N(C)C(C)CO3)cnc1-n1cnc(CC2CCC2)c1. The van der Waals surface area contributed by atoms with Gasteiger partial charge in [0, 0.05) is 19.3 Å². The molecule has 0 saturated heterocycles. The van der Waals surface area contributed by atoms with Gasteiger partial charge in [-0.2, -0.15) is 4.98 Å². The first-order chi connectivity index (χ1) is 15.1. The van der Waals surface area contributed by atoms with Crippen LogP contribution in [0.1, 0.15) is 31.9 Å². The molecule has 3 aromatic heterocycles. The van der Waals surface area contributed by atoms with Crippen LogP contribution < -0.4 is 19.7 Å². The molecule has 9 heteroatoms. The monoisotopic (exact) mass is 421 g/mol. The summed E-state index contributed by atoms with van der Waals surface area (Å²) in [5.41, 5.74) is 1.83. The Hall–Kier alpha value is -3.36. The molecule has 1 aliphatic heterocycles. The lowest BCUT2D eigenvalue weighted by Crippen LogP contribution is -2.38. The predicted molar refractivity (Wildman–Crippen MR) is 118 cm³/mol. The molecule has 1 N–H and O–H groups in total. The van der Waals surface area contributed by atoms with Crippen molar-refractivity contribution in [1.82, 2.24) is 24.5 Å². The quantitative estimate of drug-likeness (QED) is 0.648. The average Bonchev–Trinajstić information content (AvgIpc) is 3.22. The molecule has 0 radical (unpaired) electrons. The first-order valence-corrected chi connectivity index (χ1v) is 10.7. The molecule has 31 heavy (non-hydrogen) atoms. The van der Waals surface area contributed by atoms with Crippen molar-refractivity contribution >= 4 is 17.5 Å². The van der Waals surface area contributed by atoms with E-state index in [2.05, 4.69) is 37.1 Å². The van der Waals surface area contributed by atoms with Gasteiger partial charge in [0.15, 0.2) is 23.1 Å². The van der Waals surface area contributed by atoms with Gasteiger partial charge in [-0.3, -0.25) is 4.57 Å². The Morgan fingerprint density at radius 2 is 2.06 bits per heavy atom. The maximum absolute atomic E-state index is 5.71. The fraction of sp³-hybridized carbons (Fsp3) is 0.455. The third-order valence-corrected chi connectivity index (χ3v) is 6.12. The van der Waals surface area contributed by atoms with Crippen molar-refractivity contribution in [3.63, 3.8) is 0 Å². The summed E-state index contributed by atoms with van der Waals surface area (Å²) in [4.78, 5) is 20.2. The number of nitrogens with zero attached hydrogens (tertiary/aromatic N) is 6. The molecule has 162 valence electrons. The van der Waals surface area contributed by atoms with Gasteiger partial charge in [-0.1, -0.05) is 19.3 Å². The minimum atomic E-state index is 0.251. The number of hydrogen-bond donors (Lipinski definition) is 1. The van der Waals surface area contributed by atoms with E-state index in [1.165, 1.54) is 19.3 Å². The predicted octanol–water partition coefficient (Wildman–Crippen LogP) is 3.37. The van der Waals surface area contributed by atoms with Crippen LogP contribution in [-0.4, -0.2) is 51.3 Å². The van der Waals surface area contributed by atoms with E-state index < -0.39 is 0 Å². The molecule has 2 aliphatic rings. The van der Waals surface area contributed by atoms with Crippen molar-refractivity contribution in [3.05, 3.63) is 36.7 Å². The van der Waals surface area contributed by atoms with Crippen molar-refractivity contribution in [2.75, 3.05) is 31.0 Å². The van der Waals surface area contributed by atoms with Crippen LogP contribution in [0.5, 0.6) is 11.5 Å². The van der Waals surface area contributed by atoms with Gasteiger partial charge in [-0.05, 0) is 19.3 Å². The zero-order valence-electron chi connectivity index (χ0n) is 18.1. The summed E-state index contributed by atoms with van der Waals surface area (Å²) in [5, 5.41) is 3.22. The highest BCUT2D eigenvalue weighted by molar-refractivity contribution is 5.62. The number of nitrogens with one attached hydrogen (secondary N) is 1. The number of fused-ring (bicyclic) bond motifs is 1. The Balaban J connectivity index is 1.36. The number of hydrogen-bond acceptors (Lipinski definition) is 8. The van der Waals surface area contributed by atoms with Crippen LogP contribution in [0.2, 0.25) is 0 Å². The number of likely N-dealkylation sites (N-methyl/N-ethyl adjacent to an activating group) is 1. The normalized spacial score (nSPS) is 18.2. The molecule has 1 atom stereocenters. The number of methoxy groups -OCH3 is 1. The van der Waals surface area contributed by atoms with E-state index in [-0.39, 0.29) is 6.04 Å². The molecule has 0 spiro atoms. The topological polar surface area (TPSA) is 90.2 Å². The molecule has 9 nitrogen and oxygen atoms in total. The number of imidazole rings is 1. The Labute approximate surface area is 181 Å². The summed E-state index contributed by atoms with van der Waals surface area (Å²) in [6, 6.07) is 2.14. The van der Waals surface area contributed by atoms with Gasteiger partial charge in [0.25, 0.3) is 0 Å². The highest BCUT2D eigenvalue weighted by Gasteiger charge is 2.24. The lowest BCUT2D eigenvalue weighted by Gasteiger charge is -2.32. The largest absolute Gasteiger partial charge is 0.493 e. The van der Waals surface area contributed by atoms with Gasteiger partial charge >= 0.3 is 0 Å². The van der Waals surface area contributed by atoms with Crippen molar-refractivity contribution in [3.8, 4) is 17.3 Å². The zero-order valence-corrected chi connectivity index (χ0v) is 18.1. The number of anilines is 3. The van der Waals surface area contributed by atoms with E-state index in [0.717, 1.165) is 29.5 Å². The molecular formula is C22H27N7O2. The molecular weight excluding hydrogens is 394 g/mol. The number of rotatable bonds is 6. The molecule has 4 heterocycles. The van der Waals surface area contributed by atoms with Gasteiger partial charge in [0.05, 0.1) is 36.9 Å². The smallest absolute Gasteiger partial charge is 0.229 e. The summed E-state index contributed by atoms with van der Waals surface area (Å²) in [6.07, 6.45) is 12.3. The molecule has 1 saturated carbocycles. The molecule has 1 aliphatic carbocycles. The Bertz CT molecular complexity index is 1080. The first-order valence-electron chi connectivity index (χ1n) is 10.7. The number of ether oxygens (including phenoxy) is 2. The van der Waals surface area contributed by atoms with Crippen molar-refractivity contribution < 1.29 is 9.47 Å². The highest BCUT2D eigenvalue weighted by Crippen LogP contribution is 2.33. The minimum Gasteiger partial charge on any atom is -0.493 e. The zero-order chi connectivity index (χ0) is 21.4. The molecule has 3 aromatic rings. The lowest BCUT2D eigenvalue weighted by molar-refractivity contribution is 0.271. The molecule has 0 bridgehead atoms. The summed E-state index contributed by atoms with van der Waals surface area (Å²) in [7, 11) is 3.64. The molecule has 5 rings (SSSR count). The fourth-order valence-electron chi connectivity index (χ4n) is 3.86. The standard InChI is InChI=1S/C22H27N7O2/c1-14-12-31-19-10-24-22(27-21(19)28(14)2)26-16-8-18(30-3)20(23-9-16)29-11-17(25-13-29)7-15-5-4-6-15/h8-11,13-15H,4-7,12H2,1-3H3,(H,24,26,27). The van der Waals surface area contributed by atoms with Crippen LogP contribution in [0.25, 0.3) is 5.82 Å². The van der Waals surface area contributed by atoms with Crippen LogP contribution in [0.4, 0.5) is 17.5 Å². The van der Waals surface area contributed by atoms with Crippen molar-refractivity contribution in [2.45, 2.75) is 38.6 Å². The van der Waals surface area contributed by atoms with Gasteiger partial charge in [-0.25, -0.2) is 15.0 Å². The van der Waals surface area contributed by atoms with Gasteiger partial charge in [0.2, 0.25) is 5.95 Å². The minimum absolute atomic E-state index is 0.251. The van der Waals surface area contributed by atoms with Crippen LogP contribution in [-0.2, 0) is 6.42 Å². The van der Waals surface area contributed by atoms with Crippen LogP contribution in [0, 0.1) is 5.92 Å². The third-order valence-electron chi connectivity index (χ3n) is 6.12. The second-order valence-corrected chi connectivity index (χ2v) is 8.30. The number of aromatic nitrogens is 5. The van der Waals surface area contributed by atoms with E-state index in [0.29, 0.717) is 29.9 Å². The lowest BCUT2D eigenvalue weighted by atomic mass is 9.82. The summed E-state index contributed by atoms with van der Waals surface area (Å²) in [6.45, 7) is 2.72. The maximum atomic E-state index is 5.71.